The largest absolute Gasteiger partial charge is 0.493 e. The number of esters is 1. The lowest BCUT2D eigenvalue weighted by Crippen LogP contribution is -2.25. The van der Waals surface area contributed by atoms with Crippen molar-refractivity contribution >= 4 is 17.0 Å². The van der Waals surface area contributed by atoms with E-state index < -0.39 is 5.60 Å². The molecule has 1 atom stereocenters. The van der Waals surface area contributed by atoms with Gasteiger partial charge in [-0.2, -0.15) is 0 Å². The SMILES string of the molecule is Cc1c(C(=O)OC(C)(C)C)c2cccnc2n1C1CCOc2ccccc21. The summed E-state index contributed by atoms with van der Waals surface area (Å²) in [4.78, 5) is 17.6. The van der Waals surface area contributed by atoms with Crippen LogP contribution in [0.15, 0.2) is 42.6 Å². The van der Waals surface area contributed by atoms with Crippen molar-refractivity contribution in [2.75, 3.05) is 6.61 Å². The molecule has 140 valence electrons. The van der Waals surface area contributed by atoms with Crippen molar-refractivity contribution in [3.8, 4) is 5.75 Å². The molecule has 3 aromatic rings. The van der Waals surface area contributed by atoms with E-state index in [0.717, 1.165) is 34.5 Å². The molecule has 2 aromatic heterocycles. The third-order valence-electron chi connectivity index (χ3n) is 4.85. The predicted octanol–water partition coefficient (Wildman–Crippen LogP) is 4.67. The molecule has 27 heavy (non-hydrogen) atoms. The quantitative estimate of drug-likeness (QED) is 0.620. The smallest absolute Gasteiger partial charge is 0.341 e. The maximum Gasteiger partial charge on any atom is 0.341 e. The average molecular weight is 364 g/mol. The van der Waals surface area contributed by atoms with Crippen LogP contribution in [0.3, 0.4) is 0 Å². The third-order valence-corrected chi connectivity index (χ3v) is 4.85. The number of carbonyl (C=O) groups excluding carboxylic acids is 1. The Morgan fingerprint density at radius 3 is 2.78 bits per heavy atom. The first-order chi connectivity index (χ1) is 12.9. The van der Waals surface area contributed by atoms with Gasteiger partial charge in [-0.15, -0.1) is 0 Å². The summed E-state index contributed by atoms with van der Waals surface area (Å²) in [6, 6.07) is 11.9. The molecule has 1 aromatic carbocycles. The maximum atomic E-state index is 12.9. The van der Waals surface area contributed by atoms with Gasteiger partial charge in [0, 0.05) is 29.3 Å². The van der Waals surface area contributed by atoms with Crippen LogP contribution in [0.4, 0.5) is 0 Å². The van der Waals surface area contributed by atoms with E-state index in [1.165, 1.54) is 0 Å². The van der Waals surface area contributed by atoms with Crippen molar-refractivity contribution in [1.82, 2.24) is 9.55 Å². The minimum atomic E-state index is -0.550. The second-order valence-electron chi connectivity index (χ2n) is 7.90. The fraction of sp³-hybridized carbons (Fsp3) is 0.364. The molecule has 0 saturated carbocycles. The second kappa shape index (κ2) is 6.41. The Kier molecular flexibility index (Phi) is 4.17. The third kappa shape index (κ3) is 3.07. The lowest BCUT2D eigenvalue weighted by molar-refractivity contribution is 0.00707. The lowest BCUT2D eigenvalue weighted by Gasteiger charge is -2.28. The molecule has 5 heteroatoms. The van der Waals surface area contributed by atoms with Crippen molar-refractivity contribution in [2.24, 2.45) is 0 Å². The van der Waals surface area contributed by atoms with Crippen LogP contribution in [-0.4, -0.2) is 27.7 Å². The topological polar surface area (TPSA) is 53.3 Å². The van der Waals surface area contributed by atoms with Gasteiger partial charge in [0.1, 0.15) is 17.0 Å². The summed E-state index contributed by atoms with van der Waals surface area (Å²) in [5, 5.41) is 0.827. The molecule has 0 radical (unpaired) electrons. The van der Waals surface area contributed by atoms with Crippen LogP contribution in [-0.2, 0) is 4.74 Å². The monoisotopic (exact) mass is 364 g/mol. The molecular formula is C22H24N2O3. The Labute approximate surface area is 158 Å². The van der Waals surface area contributed by atoms with Gasteiger partial charge in [0.2, 0.25) is 0 Å². The number of nitrogens with zero attached hydrogens (tertiary/aromatic N) is 2. The molecule has 0 saturated heterocycles. The van der Waals surface area contributed by atoms with Gasteiger partial charge in [0.05, 0.1) is 18.2 Å². The molecule has 5 nitrogen and oxygen atoms in total. The standard InChI is InChI=1S/C22H24N2O3/c1-14-19(21(25)27-22(2,3)4)16-9-7-12-23-20(16)24(14)17-11-13-26-18-10-6-5-8-15(17)18/h5-10,12,17H,11,13H2,1-4H3. The number of ether oxygens (including phenoxy) is 2. The average Bonchev–Trinajstić information content (AvgIpc) is 2.91. The molecule has 1 unspecified atom stereocenters. The summed E-state index contributed by atoms with van der Waals surface area (Å²) in [5.41, 5.74) is 2.84. The summed E-state index contributed by atoms with van der Waals surface area (Å²) in [7, 11) is 0. The number of rotatable bonds is 2. The van der Waals surface area contributed by atoms with Crippen molar-refractivity contribution in [3.63, 3.8) is 0 Å². The normalized spacial score (nSPS) is 16.7. The minimum absolute atomic E-state index is 0.0727. The van der Waals surface area contributed by atoms with E-state index in [0.29, 0.717) is 12.2 Å². The molecule has 0 spiro atoms. The highest BCUT2D eigenvalue weighted by Crippen LogP contribution is 2.39. The summed E-state index contributed by atoms with van der Waals surface area (Å²) >= 11 is 0. The summed E-state index contributed by atoms with van der Waals surface area (Å²) < 4.78 is 13.7. The zero-order chi connectivity index (χ0) is 19.2. The maximum absolute atomic E-state index is 12.9. The van der Waals surface area contributed by atoms with Crippen LogP contribution in [0.25, 0.3) is 11.0 Å². The van der Waals surface area contributed by atoms with Crippen molar-refractivity contribution < 1.29 is 14.3 Å². The molecule has 1 aliphatic heterocycles. The Balaban J connectivity index is 1.91. The van der Waals surface area contributed by atoms with E-state index >= 15 is 0 Å². The van der Waals surface area contributed by atoms with Gasteiger partial charge in [0.25, 0.3) is 0 Å². The van der Waals surface area contributed by atoms with E-state index in [4.69, 9.17) is 9.47 Å². The fourth-order valence-corrected chi connectivity index (χ4v) is 3.82. The van der Waals surface area contributed by atoms with Gasteiger partial charge >= 0.3 is 5.97 Å². The molecule has 0 aliphatic carbocycles. The van der Waals surface area contributed by atoms with Crippen LogP contribution in [0, 0.1) is 6.92 Å². The number of hydrogen-bond donors (Lipinski definition) is 0. The van der Waals surface area contributed by atoms with E-state index in [2.05, 4.69) is 15.6 Å². The van der Waals surface area contributed by atoms with Crippen molar-refractivity contribution in [3.05, 3.63) is 59.4 Å². The van der Waals surface area contributed by atoms with Crippen LogP contribution >= 0.6 is 0 Å². The molecule has 0 fully saturated rings. The van der Waals surface area contributed by atoms with Gasteiger partial charge in [-0.1, -0.05) is 18.2 Å². The first-order valence-corrected chi connectivity index (χ1v) is 9.27. The van der Waals surface area contributed by atoms with E-state index in [1.807, 2.05) is 58.0 Å². The van der Waals surface area contributed by atoms with Crippen LogP contribution in [0.1, 0.15) is 54.8 Å². The van der Waals surface area contributed by atoms with Crippen LogP contribution in [0.2, 0.25) is 0 Å². The first-order valence-electron chi connectivity index (χ1n) is 9.27. The molecule has 1 aliphatic rings. The molecule has 4 rings (SSSR count). The molecular weight excluding hydrogens is 340 g/mol. The van der Waals surface area contributed by atoms with Gasteiger partial charge in [-0.3, -0.25) is 0 Å². The van der Waals surface area contributed by atoms with E-state index in [1.54, 1.807) is 6.20 Å². The van der Waals surface area contributed by atoms with Gasteiger partial charge in [-0.25, -0.2) is 9.78 Å². The van der Waals surface area contributed by atoms with Gasteiger partial charge in [0.15, 0.2) is 0 Å². The Hall–Kier alpha value is -2.82. The molecule has 0 bridgehead atoms. The number of para-hydroxylation sites is 1. The molecule has 0 N–H and O–H groups in total. The van der Waals surface area contributed by atoms with Crippen molar-refractivity contribution in [2.45, 2.75) is 45.8 Å². The highest BCUT2D eigenvalue weighted by Gasteiger charge is 2.31. The Morgan fingerprint density at radius 1 is 1.22 bits per heavy atom. The highest BCUT2D eigenvalue weighted by atomic mass is 16.6. The first kappa shape index (κ1) is 17.6. The Morgan fingerprint density at radius 2 is 2.00 bits per heavy atom. The number of benzene rings is 1. The highest BCUT2D eigenvalue weighted by molar-refractivity contribution is 6.05. The number of aromatic nitrogens is 2. The molecule has 3 heterocycles. The van der Waals surface area contributed by atoms with Gasteiger partial charge in [-0.05, 0) is 45.9 Å². The number of fused-ring (bicyclic) bond motifs is 2. The Bertz CT molecular complexity index is 1010. The van der Waals surface area contributed by atoms with Crippen molar-refractivity contribution in [1.29, 1.82) is 0 Å². The minimum Gasteiger partial charge on any atom is -0.493 e. The summed E-state index contributed by atoms with van der Waals surface area (Å²) in [5.74, 6) is 0.585. The predicted molar refractivity (Wildman–Crippen MR) is 104 cm³/mol. The van der Waals surface area contributed by atoms with Crippen LogP contribution < -0.4 is 4.74 Å². The fourth-order valence-electron chi connectivity index (χ4n) is 3.82. The zero-order valence-electron chi connectivity index (χ0n) is 16.2. The van der Waals surface area contributed by atoms with Gasteiger partial charge < -0.3 is 14.0 Å². The molecule has 0 amide bonds. The van der Waals surface area contributed by atoms with E-state index in [-0.39, 0.29) is 12.0 Å². The lowest BCUT2D eigenvalue weighted by atomic mass is 10.00. The van der Waals surface area contributed by atoms with Crippen LogP contribution in [0.5, 0.6) is 5.75 Å². The summed E-state index contributed by atoms with van der Waals surface area (Å²) in [6.45, 7) is 8.25. The second-order valence-corrected chi connectivity index (χ2v) is 7.90. The van der Waals surface area contributed by atoms with E-state index in [9.17, 15) is 4.79 Å². The number of pyridine rings is 1. The number of carbonyl (C=O) groups is 1. The summed E-state index contributed by atoms with van der Waals surface area (Å²) in [6.07, 6.45) is 2.59. The zero-order valence-corrected chi connectivity index (χ0v) is 16.2. The number of hydrogen-bond acceptors (Lipinski definition) is 4.